The third kappa shape index (κ3) is 22.4. The largest absolute Gasteiger partial charge is 0.462 e. The first-order chi connectivity index (χ1) is 23.3. The molecular formula is C38H72O10. The Balaban J connectivity index is 2.09. The van der Waals surface area contributed by atoms with Crippen molar-refractivity contribution in [2.75, 3.05) is 19.8 Å². The zero-order valence-electron chi connectivity index (χ0n) is 30.5. The molecule has 1 fully saturated rings. The van der Waals surface area contributed by atoms with E-state index >= 15 is 0 Å². The van der Waals surface area contributed by atoms with Gasteiger partial charge in [0.1, 0.15) is 31.0 Å². The third-order valence-electron chi connectivity index (χ3n) is 9.21. The molecule has 6 unspecified atom stereocenters. The van der Waals surface area contributed by atoms with Crippen LogP contribution in [0.2, 0.25) is 0 Å². The molecule has 0 aromatic rings. The number of hydrogen-bond acceptors (Lipinski definition) is 10. The monoisotopic (exact) mass is 689 g/mol. The summed E-state index contributed by atoms with van der Waals surface area (Å²) < 4.78 is 21.6. The van der Waals surface area contributed by atoms with E-state index in [1.807, 2.05) is 6.92 Å². The molecule has 1 heterocycles. The maximum atomic E-state index is 12.5. The Bertz CT molecular complexity index is 764. The van der Waals surface area contributed by atoms with Crippen LogP contribution in [0.4, 0.5) is 0 Å². The topological polar surface area (TPSA) is 152 Å². The van der Waals surface area contributed by atoms with Crippen LogP contribution in [0.15, 0.2) is 0 Å². The van der Waals surface area contributed by atoms with Gasteiger partial charge in [-0.3, -0.25) is 9.59 Å². The molecule has 1 saturated heterocycles. The van der Waals surface area contributed by atoms with Crippen LogP contribution in [-0.2, 0) is 28.5 Å². The standard InChI is InChI=1S/C38H72O10/c1-3-5-6-7-8-9-10-11-12-13-14-15-16-17-18-19-20-21-22-23-24-25-27-34(41)47-31(29-45-33(40)26-4-2)30-46-38-37(44)36(43)35(42)32(28-39)48-38/h31-32,35-39,42-44H,3-30H2,1-2H3. The second-order valence-corrected chi connectivity index (χ2v) is 13.8. The van der Waals surface area contributed by atoms with E-state index in [2.05, 4.69) is 6.92 Å². The summed E-state index contributed by atoms with van der Waals surface area (Å²) in [6.07, 6.45) is 21.6. The van der Waals surface area contributed by atoms with Crippen LogP contribution in [-0.4, -0.2) is 89.0 Å². The lowest BCUT2D eigenvalue weighted by atomic mass is 9.99. The fourth-order valence-corrected chi connectivity index (χ4v) is 6.11. The van der Waals surface area contributed by atoms with Gasteiger partial charge in [-0.25, -0.2) is 0 Å². The zero-order valence-corrected chi connectivity index (χ0v) is 30.5. The Morgan fingerprint density at radius 1 is 0.562 bits per heavy atom. The van der Waals surface area contributed by atoms with E-state index < -0.39 is 55.4 Å². The number of hydrogen-bond donors (Lipinski definition) is 4. The SMILES string of the molecule is CCCCCCCCCCCCCCCCCCCCCCCCC(=O)OC(COC(=O)CCC)COC1OC(CO)C(O)C(O)C1O. The summed E-state index contributed by atoms with van der Waals surface area (Å²) in [6, 6.07) is 0. The van der Waals surface area contributed by atoms with Gasteiger partial charge in [0, 0.05) is 12.8 Å². The normalized spacial score (nSPS) is 21.7. The summed E-state index contributed by atoms with van der Waals surface area (Å²) in [4.78, 5) is 24.4. The molecule has 10 heteroatoms. The molecule has 48 heavy (non-hydrogen) atoms. The van der Waals surface area contributed by atoms with E-state index in [9.17, 15) is 30.0 Å². The number of unbranched alkanes of at least 4 members (excludes halogenated alkanes) is 21. The van der Waals surface area contributed by atoms with Gasteiger partial charge in [0.05, 0.1) is 13.2 Å². The molecule has 0 aromatic heterocycles. The number of aliphatic hydroxyl groups excluding tert-OH is 4. The Kier molecular flexibility index (Phi) is 28.4. The van der Waals surface area contributed by atoms with Crippen LogP contribution in [0.25, 0.3) is 0 Å². The highest BCUT2D eigenvalue weighted by molar-refractivity contribution is 5.70. The Morgan fingerprint density at radius 2 is 1.02 bits per heavy atom. The molecule has 10 nitrogen and oxygen atoms in total. The molecule has 0 aliphatic carbocycles. The predicted molar refractivity (Wildman–Crippen MR) is 187 cm³/mol. The molecule has 0 spiro atoms. The summed E-state index contributed by atoms with van der Waals surface area (Å²) in [6.45, 7) is 3.05. The van der Waals surface area contributed by atoms with Gasteiger partial charge >= 0.3 is 11.9 Å². The minimum atomic E-state index is -1.58. The van der Waals surface area contributed by atoms with Gasteiger partial charge in [0.25, 0.3) is 0 Å². The summed E-state index contributed by atoms with van der Waals surface area (Å²) >= 11 is 0. The molecule has 0 radical (unpaired) electrons. The fraction of sp³-hybridized carbons (Fsp3) is 0.947. The van der Waals surface area contributed by atoms with Crippen molar-refractivity contribution < 1.29 is 49.0 Å². The number of carbonyl (C=O) groups is 2. The van der Waals surface area contributed by atoms with Crippen molar-refractivity contribution in [2.45, 2.75) is 211 Å². The van der Waals surface area contributed by atoms with Gasteiger partial charge < -0.3 is 39.4 Å². The van der Waals surface area contributed by atoms with E-state index in [1.165, 1.54) is 116 Å². The summed E-state index contributed by atoms with van der Waals surface area (Å²) in [5.74, 6) is -0.858. The molecule has 1 aliphatic heterocycles. The number of aliphatic hydroxyl groups is 4. The number of esters is 2. The average Bonchev–Trinajstić information content (AvgIpc) is 3.08. The van der Waals surface area contributed by atoms with E-state index in [0.29, 0.717) is 12.8 Å². The molecule has 0 saturated carbocycles. The molecule has 4 N–H and O–H groups in total. The van der Waals surface area contributed by atoms with E-state index in [0.717, 1.165) is 19.3 Å². The number of rotatable bonds is 32. The minimum Gasteiger partial charge on any atom is -0.462 e. The lowest BCUT2D eigenvalue weighted by molar-refractivity contribution is -0.305. The first-order valence-electron chi connectivity index (χ1n) is 19.6. The Hall–Kier alpha value is -1.30. The Morgan fingerprint density at radius 3 is 1.46 bits per heavy atom. The van der Waals surface area contributed by atoms with Gasteiger partial charge in [-0.2, -0.15) is 0 Å². The van der Waals surface area contributed by atoms with Crippen LogP contribution in [0.1, 0.15) is 174 Å². The number of ether oxygens (including phenoxy) is 4. The fourth-order valence-electron chi connectivity index (χ4n) is 6.11. The minimum absolute atomic E-state index is 0.221. The van der Waals surface area contributed by atoms with Crippen molar-refractivity contribution in [3.8, 4) is 0 Å². The van der Waals surface area contributed by atoms with Crippen molar-refractivity contribution in [3.05, 3.63) is 0 Å². The maximum absolute atomic E-state index is 12.5. The first-order valence-corrected chi connectivity index (χ1v) is 19.6. The molecule has 0 amide bonds. The smallest absolute Gasteiger partial charge is 0.306 e. The van der Waals surface area contributed by atoms with Crippen molar-refractivity contribution in [2.24, 2.45) is 0 Å². The van der Waals surface area contributed by atoms with Crippen LogP contribution in [0, 0.1) is 0 Å². The summed E-state index contributed by atoms with van der Waals surface area (Å²) in [5, 5.41) is 39.5. The molecule has 1 rings (SSSR count). The van der Waals surface area contributed by atoms with Gasteiger partial charge in [-0.05, 0) is 12.8 Å². The van der Waals surface area contributed by atoms with Gasteiger partial charge in [-0.1, -0.05) is 149 Å². The zero-order chi connectivity index (χ0) is 35.2. The average molecular weight is 689 g/mol. The quantitative estimate of drug-likeness (QED) is 0.0427. The van der Waals surface area contributed by atoms with Crippen molar-refractivity contribution in [3.63, 3.8) is 0 Å². The van der Waals surface area contributed by atoms with Crippen LogP contribution < -0.4 is 0 Å². The van der Waals surface area contributed by atoms with Gasteiger partial charge in [0.15, 0.2) is 12.4 Å². The molecular weight excluding hydrogens is 616 g/mol. The predicted octanol–water partition coefficient (Wildman–Crippen LogP) is 7.05. The summed E-state index contributed by atoms with van der Waals surface area (Å²) in [5.41, 5.74) is 0. The van der Waals surface area contributed by atoms with Crippen LogP contribution in [0.5, 0.6) is 0 Å². The lowest BCUT2D eigenvalue weighted by Gasteiger charge is -2.39. The summed E-state index contributed by atoms with van der Waals surface area (Å²) in [7, 11) is 0. The van der Waals surface area contributed by atoms with E-state index in [1.54, 1.807) is 0 Å². The second kappa shape index (κ2) is 30.5. The van der Waals surface area contributed by atoms with Crippen LogP contribution in [0.3, 0.4) is 0 Å². The van der Waals surface area contributed by atoms with E-state index in [-0.39, 0.29) is 26.1 Å². The second-order valence-electron chi connectivity index (χ2n) is 13.8. The van der Waals surface area contributed by atoms with E-state index in [4.69, 9.17) is 18.9 Å². The molecule has 0 aromatic carbocycles. The highest BCUT2D eigenvalue weighted by Gasteiger charge is 2.44. The molecule has 6 atom stereocenters. The van der Waals surface area contributed by atoms with Gasteiger partial charge in [0.2, 0.25) is 0 Å². The molecule has 1 aliphatic rings. The van der Waals surface area contributed by atoms with Crippen LogP contribution >= 0.6 is 0 Å². The van der Waals surface area contributed by atoms with Crippen molar-refractivity contribution in [1.82, 2.24) is 0 Å². The van der Waals surface area contributed by atoms with Crippen molar-refractivity contribution >= 4 is 11.9 Å². The maximum Gasteiger partial charge on any atom is 0.306 e. The third-order valence-corrected chi connectivity index (χ3v) is 9.21. The Labute approximate surface area is 291 Å². The van der Waals surface area contributed by atoms with Gasteiger partial charge in [-0.15, -0.1) is 0 Å². The van der Waals surface area contributed by atoms with Crippen molar-refractivity contribution in [1.29, 1.82) is 0 Å². The molecule has 284 valence electrons. The first kappa shape index (κ1) is 44.7. The highest BCUT2D eigenvalue weighted by Crippen LogP contribution is 2.22. The lowest BCUT2D eigenvalue weighted by Crippen LogP contribution is -2.59. The highest BCUT2D eigenvalue weighted by atomic mass is 16.7. The molecule has 0 bridgehead atoms. The number of carbonyl (C=O) groups excluding carboxylic acids is 2.